The van der Waals surface area contributed by atoms with Crippen molar-refractivity contribution < 1.29 is 9.53 Å². The van der Waals surface area contributed by atoms with E-state index >= 15 is 0 Å². The summed E-state index contributed by atoms with van der Waals surface area (Å²) >= 11 is 0. The lowest BCUT2D eigenvalue weighted by Gasteiger charge is -2.07. The molecule has 0 atom stereocenters. The highest BCUT2D eigenvalue weighted by Gasteiger charge is 2.13. The summed E-state index contributed by atoms with van der Waals surface area (Å²) in [6.07, 6.45) is 1.28. The molecular formula is C19H17N3O3. The van der Waals surface area contributed by atoms with Gasteiger partial charge in [0.2, 0.25) is 0 Å². The van der Waals surface area contributed by atoms with E-state index in [2.05, 4.69) is 15.3 Å². The zero-order valence-electron chi connectivity index (χ0n) is 13.7. The van der Waals surface area contributed by atoms with Gasteiger partial charge in [-0.1, -0.05) is 30.3 Å². The van der Waals surface area contributed by atoms with Gasteiger partial charge in [0, 0.05) is 17.4 Å². The molecule has 3 aromatic rings. The van der Waals surface area contributed by atoms with Crippen molar-refractivity contribution in [2.45, 2.75) is 6.92 Å². The van der Waals surface area contributed by atoms with Crippen LogP contribution in [0.1, 0.15) is 17.3 Å². The van der Waals surface area contributed by atoms with Gasteiger partial charge < -0.3 is 15.0 Å². The first-order valence-corrected chi connectivity index (χ1v) is 7.86. The standard InChI is InChI=1S/C19H17N3O3/c1-2-25-15-10-8-14(9-11-15)21-18(23)16-12-20-17(22-19(16)24)13-6-4-3-5-7-13/h3-12H,2H2,1H3,(H,21,23)(H,20,22,24). The van der Waals surface area contributed by atoms with E-state index in [4.69, 9.17) is 4.74 Å². The molecule has 0 aliphatic heterocycles. The molecule has 0 radical (unpaired) electrons. The average molecular weight is 335 g/mol. The Morgan fingerprint density at radius 1 is 1.12 bits per heavy atom. The first-order valence-electron chi connectivity index (χ1n) is 7.86. The Kier molecular flexibility index (Phi) is 4.89. The molecule has 0 aliphatic rings. The minimum atomic E-state index is -0.516. The summed E-state index contributed by atoms with van der Waals surface area (Å²) in [7, 11) is 0. The summed E-state index contributed by atoms with van der Waals surface area (Å²) in [5.74, 6) is 0.618. The number of carbonyl (C=O) groups is 1. The molecule has 1 heterocycles. The molecule has 0 bridgehead atoms. The third kappa shape index (κ3) is 3.92. The highest BCUT2D eigenvalue weighted by molar-refractivity contribution is 6.03. The third-order valence-electron chi connectivity index (χ3n) is 3.51. The molecule has 6 nitrogen and oxygen atoms in total. The van der Waals surface area contributed by atoms with Gasteiger partial charge in [0.25, 0.3) is 11.5 Å². The lowest BCUT2D eigenvalue weighted by molar-refractivity contribution is 0.102. The van der Waals surface area contributed by atoms with Crippen molar-refractivity contribution in [3.05, 3.63) is 76.7 Å². The fraction of sp³-hybridized carbons (Fsp3) is 0.105. The lowest BCUT2D eigenvalue weighted by Crippen LogP contribution is -2.24. The van der Waals surface area contributed by atoms with Crippen LogP contribution in [0.15, 0.2) is 65.6 Å². The molecule has 3 rings (SSSR count). The maximum absolute atomic E-state index is 12.3. The minimum absolute atomic E-state index is 0.0476. The predicted octanol–water partition coefficient (Wildman–Crippen LogP) is 3.09. The number of aromatic nitrogens is 2. The molecule has 2 aromatic carbocycles. The lowest BCUT2D eigenvalue weighted by atomic mass is 10.2. The molecule has 0 aliphatic carbocycles. The van der Waals surface area contributed by atoms with Gasteiger partial charge in [-0.2, -0.15) is 0 Å². The Labute approximate surface area is 144 Å². The monoisotopic (exact) mass is 335 g/mol. The fourth-order valence-corrected chi connectivity index (χ4v) is 2.30. The molecular weight excluding hydrogens is 318 g/mol. The van der Waals surface area contributed by atoms with Gasteiger partial charge in [-0.3, -0.25) is 9.59 Å². The Balaban J connectivity index is 1.77. The van der Waals surface area contributed by atoms with Crippen molar-refractivity contribution in [1.29, 1.82) is 0 Å². The highest BCUT2D eigenvalue weighted by Crippen LogP contribution is 2.16. The first-order chi connectivity index (χ1) is 12.2. The van der Waals surface area contributed by atoms with Gasteiger partial charge in [-0.15, -0.1) is 0 Å². The summed E-state index contributed by atoms with van der Waals surface area (Å²) in [5, 5.41) is 2.67. The summed E-state index contributed by atoms with van der Waals surface area (Å²) in [5.41, 5.74) is 0.809. The number of nitrogens with zero attached hydrogens (tertiary/aromatic N) is 1. The van der Waals surface area contributed by atoms with Gasteiger partial charge in [0.15, 0.2) is 0 Å². The topological polar surface area (TPSA) is 84.1 Å². The SMILES string of the molecule is CCOc1ccc(NC(=O)c2cnc(-c3ccccc3)[nH]c2=O)cc1. The molecule has 0 fully saturated rings. The van der Waals surface area contributed by atoms with Crippen molar-refractivity contribution in [3.8, 4) is 17.1 Å². The van der Waals surface area contributed by atoms with E-state index in [1.165, 1.54) is 6.20 Å². The fourth-order valence-electron chi connectivity index (χ4n) is 2.30. The number of hydrogen-bond donors (Lipinski definition) is 2. The second kappa shape index (κ2) is 7.44. The number of H-pyrrole nitrogens is 1. The summed E-state index contributed by atoms with van der Waals surface area (Å²) < 4.78 is 5.35. The van der Waals surface area contributed by atoms with Crippen molar-refractivity contribution in [2.24, 2.45) is 0 Å². The molecule has 1 amide bonds. The van der Waals surface area contributed by atoms with Crippen LogP contribution in [0, 0.1) is 0 Å². The summed E-state index contributed by atoms with van der Waals surface area (Å²) in [4.78, 5) is 31.3. The molecule has 2 N–H and O–H groups in total. The van der Waals surface area contributed by atoms with E-state index in [0.29, 0.717) is 23.9 Å². The molecule has 0 spiro atoms. The molecule has 0 saturated heterocycles. The number of anilines is 1. The number of carbonyl (C=O) groups excluding carboxylic acids is 1. The first kappa shape index (κ1) is 16.4. The zero-order chi connectivity index (χ0) is 17.6. The summed E-state index contributed by atoms with van der Waals surface area (Å²) in [6.45, 7) is 2.47. The highest BCUT2D eigenvalue weighted by atomic mass is 16.5. The van der Waals surface area contributed by atoms with Gasteiger partial charge in [-0.05, 0) is 31.2 Å². The van der Waals surface area contributed by atoms with Crippen LogP contribution in [0.4, 0.5) is 5.69 Å². The Morgan fingerprint density at radius 3 is 2.48 bits per heavy atom. The van der Waals surface area contributed by atoms with Crippen LogP contribution in [0.25, 0.3) is 11.4 Å². The second-order valence-corrected chi connectivity index (χ2v) is 5.25. The van der Waals surface area contributed by atoms with Crippen LogP contribution in [0.3, 0.4) is 0 Å². The Hall–Kier alpha value is -3.41. The van der Waals surface area contributed by atoms with Crippen LogP contribution in [0.5, 0.6) is 5.75 Å². The second-order valence-electron chi connectivity index (χ2n) is 5.25. The van der Waals surface area contributed by atoms with Crippen molar-refractivity contribution >= 4 is 11.6 Å². The molecule has 0 saturated carbocycles. The Bertz CT molecular complexity index is 919. The largest absolute Gasteiger partial charge is 0.494 e. The molecule has 25 heavy (non-hydrogen) atoms. The van der Waals surface area contributed by atoms with E-state index in [1.54, 1.807) is 24.3 Å². The number of rotatable bonds is 5. The molecule has 6 heteroatoms. The Morgan fingerprint density at radius 2 is 1.84 bits per heavy atom. The number of amides is 1. The predicted molar refractivity (Wildman–Crippen MR) is 95.9 cm³/mol. The zero-order valence-corrected chi connectivity index (χ0v) is 13.7. The molecule has 126 valence electrons. The number of benzene rings is 2. The van der Waals surface area contributed by atoms with Gasteiger partial charge in [-0.25, -0.2) is 4.98 Å². The van der Waals surface area contributed by atoms with Crippen molar-refractivity contribution in [2.75, 3.05) is 11.9 Å². The average Bonchev–Trinajstić information content (AvgIpc) is 2.64. The maximum Gasteiger partial charge on any atom is 0.264 e. The third-order valence-corrected chi connectivity index (χ3v) is 3.51. The molecule has 1 aromatic heterocycles. The van der Waals surface area contributed by atoms with Gasteiger partial charge in [0.1, 0.15) is 17.1 Å². The normalized spacial score (nSPS) is 10.3. The van der Waals surface area contributed by atoms with Gasteiger partial charge in [0.05, 0.1) is 6.61 Å². The van der Waals surface area contributed by atoms with Crippen LogP contribution >= 0.6 is 0 Å². The number of nitrogens with one attached hydrogen (secondary N) is 2. The van der Waals surface area contributed by atoms with Crippen LogP contribution in [-0.2, 0) is 0 Å². The number of hydrogen-bond acceptors (Lipinski definition) is 4. The smallest absolute Gasteiger partial charge is 0.264 e. The number of aromatic amines is 1. The van der Waals surface area contributed by atoms with Crippen molar-refractivity contribution in [3.63, 3.8) is 0 Å². The van der Waals surface area contributed by atoms with E-state index in [0.717, 1.165) is 5.56 Å². The van der Waals surface area contributed by atoms with E-state index in [1.807, 2.05) is 37.3 Å². The maximum atomic E-state index is 12.3. The quantitative estimate of drug-likeness (QED) is 0.750. The van der Waals surface area contributed by atoms with E-state index < -0.39 is 11.5 Å². The van der Waals surface area contributed by atoms with Crippen LogP contribution in [-0.4, -0.2) is 22.5 Å². The van der Waals surface area contributed by atoms with Crippen LogP contribution < -0.4 is 15.6 Å². The minimum Gasteiger partial charge on any atom is -0.494 e. The number of ether oxygens (including phenoxy) is 1. The summed E-state index contributed by atoms with van der Waals surface area (Å²) in [6, 6.07) is 16.2. The van der Waals surface area contributed by atoms with E-state index in [9.17, 15) is 9.59 Å². The van der Waals surface area contributed by atoms with Crippen molar-refractivity contribution in [1.82, 2.24) is 9.97 Å². The van der Waals surface area contributed by atoms with Crippen LogP contribution in [0.2, 0.25) is 0 Å². The molecule has 0 unspecified atom stereocenters. The van der Waals surface area contributed by atoms with Gasteiger partial charge >= 0.3 is 0 Å². The van der Waals surface area contributed by atoms with E-state index in [-0.39, 0.29) is 5.56 Å².